The number of carbonyl (C=O) groups is 1. The molecular formula is C21H17N2O4S3-. The molecule has 0 saturated carbocycles. The molecule has 9 heteroatoms. The minimum Gasteiger partial charge on any atom is -0.748 e. The zero-order valence-electron chi connectivity index (χ0n) is 15.7. The third-order valence-electron chi connectivity index (χ3n) is 4.73. The van der Waals surface area contributed by atoms with Crippen molar-refractivity contribution in [2.75, 3.05) is 22.1 Å². The Morgan fingerprint density at radius 3 is 2.43 bits per heavy atom. The highest BCUT2D eigenvalue weighted by Gasteiger charge is 2.37. The van der Waals surface area contributed by atoms with Crippen LogP contribution in [0.5, 0.6) is 0 Å². The molecule has 4 rings (SSSR count). The third-order valence-corrected chi connectivity index (χ3v) is 6.90. The lowest BCUT2D eigenvalue weighted by Crippen LogP contribution is -2.31. The van der Waals surface area contributed by atoms with Gasteiger partial charge in [0.25, 0.3) is 5.91 Å². The number of allylic oxidation sites excluding steroid dienone is 1. The van der Waals surface area contributed by atoms with Gasteiger partial charge in [-0.1, -0.05) is 66.5 Å². The van der Waals surface area contributed by atoms with E-state index in [2.05, 4.69) is 0 Å². The van der Waals surface area contributed by atoms with Gasteiger partial charge in [0.15, 0.2) is 4.32 Å². The summed E-state index contributed by atoms with van der Waals surface area (Å²) in [6.45, 7) is 0.285. The van der Waals surface area contributed by atoms with Gasteiger partial charge in [0.1, 0.15) is 4.91 Å². The van der Waals surface area contributed by atoms with Crippen molar-refractivity contribution < 1.29 is 17.8 Å². The average Bonchev–Trinajstić information content (AvgIpc) is 3.01. The number of hydrogen-bond donors (Lipinski definition) is 0. The lowest BCUT2D eigenvalue weighted by molar-refractivity contribution is -0.113. The molecule has 2 aliphatic rings. The largest absolute Gasteiger partial charge is 0.748 e. The van der Waals surface area contributed by atoms with Crippen LogP contribution in [0.15, 0.2) is 71.3 Å². The second-order valence-electron chi connectivity index (χ2n) is 6.72. The number of benzene rings is 2. The standard InChI is InChI=1S/C21H18N2O4S3/c24-20-19(29-21(28)23(20)16-8-2-1-3-9-16)18-12-11-15-7-4-5-10-17(15)22(18)13-6-14-30(25,26)27/h1-5,7-12H,6,13-14H2,(H,25,26,27)/p-1. The molecule has 154 valence electrons. The molecule has 0 bridgehead atoms. The molecule has 6 nitrogen and oxygen atoms in total. The Balaban J connectivity index is 1.73. The van der Waals surface area contributed by atoms with Gasteiger partial charge in [-0.15, -0.1) is 0 Å². The molecule has 0 spiro atoms. The van der Waals surface area contributed by atoms with Crippen LogP contribution < -0.4 is 9.80 Å². The molecule has 0 aliphatic carbocycles. The van der Waals surface area contributed by atoms with E-state index in [9.17, 15) is 17.8 Å². The predicted octanol–water partition coefficient (Wildman–Crippen LogP) is 3.73. The summed E-state index contributed by atoms with van der Waals surface area (Å²) in [5.41, 5.74) is 3.14. The Morgan fingerprint density at radius 2 is 1.70 bits per heavy atom. The highest BCUT2D eigenvalue weighted by Crippen LogP contribution is 2.41. The Kier molecular flexibility index (Phi) is 5.79. The van der Waals surface area contributed by atoms with Crippen LogP contribution >= 0.6 is 24.0 Å². The van der Waals surface area contributed by atoms with Gasteiger partial charge in [0.05, 0.1) is 21.5 Å². The maximum absolute atomic E-state index is 13.3. The fourth-order valence-electron chi connectivity index (χ4n) is 3.42. The molecule has 2 aromatic carbocycles. The summed E-state index contributed by atoms with van der Waals surface area (Å²) in [7, 11) is -4.32. The van der Waals surface area contributed by atoms with E-state index < -0.39 is 15.9 Å². The number of amides is 1. The number of thioether (sulfide) groups is 1. The zero-order chi connectivity index (χ0) is 21.3. The number of fused-ring (bicyclic) bond motifs is 1. The van der Waals surface area contributed by atoms with E-state index in [0.717, 1.165) is 11.3 Å². The van der Waals surface area contributed by atoms with E-state index in [1.807, 2.05) is 71.6 Å². The summed E-state index contributed by atoms with van der Waals surface area (Å²) in [4.78, 5) is 17.1. The van der Waals surface area contributed by atoms with Crippen LogP contribution in [0.2, 0.25) is 0 Å². The summed E-state index contributed by atoms with van der Waals surface area (Å²) < 4.78 is 33.6. The average molecular weight is 458 g/mol. The van der Waals surface area contributed by atoms with Crippen molar-refractivity contribution in [2.45, 2.75) is 6.42 Å². The Morgan fingerprint density at radius 1 is 1.00 bits per heavy atom. The van der Waals surface area contributed by atoms with Crippen LogP contribution in [-0.4, -0.2) is 35.5 Å². The quantitative estimate of drug-likeness (QED) is 0.384. The molecule has 2 heterocycles. The van der Waals surface area contributed by atoms with Gasteiger partial charge in [-0.3, -0.25) is 9.69 Å². The first kappa shape index (κ1) is 20.8. The van der Waals surface area contributed by atoms with Crippen molar-refractivity contribution in [3.63, 3.8) is 0 Å². The summed E-state index contributed by atoms with van der Waals surface area (Å²) in [6.07, 6.45) is 3.91. The van der Waals surface area contributed by atoms with Gasteiger partial charge in [-0.2, -0.15) is 0 Å². The topological polar surface area (TPSA) is 80.8 Å². The smallest absolute Gasteiger partial charge is 0.272 e. The van der Waals surface area contributed by atoms with Gasteiger partial charge in [0, 0.05) is 18.0 Å². The summed E-state index contributed by atoms with van der Waals surface area (Å²) in [5, 5.41) is 0. The van der Waals surface area contributed by atoms with Crippen LogP contribution in [0, 0.1) is 0 Å². The lowest BCUT2D eigenvalue weighted by atomic mass is 10.0. The molecule has 0 radical (unpaired) electrons. The van der Waals surface area contributed by atoms with Crippen LogP contribution in [0.25, 0.3) is 6.08 Å². The van der Waals surface area contributed by atoms with E-state index in [0.29, 0.717) is 20.6 Å². The van der Waals surface area contributed by atoms with Crippen molar-refractivity contribution in [3.05, 3.63) is 76.8 Å². The molecule has 30 heavy (non-hydrogen) atoms. The molecule has 1 saturated heterocycles. The fourth-order valence-corrected chi connectivity index (χ4v) is 5.26. The van der Waals surface area contributed by atoms with Crippen LogP contribution in [0.4, 0.5) is 11.4 Å². The van der Waals surface area contributed by atoms with Crippen molar-refractivity contribution in [1.82, 2.24) is 0 Å². The van der Waals surface area contributed by atoms with Crippen molar-refractivity contribution in [1.29, 1.82) is 0 Å². The molecule has 1 amide bonds. The van der Waals surface area contributed by atoms with E-state index >= 15 is 0 Å². The van der Waals surface area contributed by atoms with Gasteiger partial charge < -0.3 is 9.45 Å². The van der Waals surface area contributed by atoms with Crippen LogP contribution in [0.1, 0.15) is 12.0 Å². The van der Waals surface area contributed by atoms with Gasteiger partial charge >= 0.3 is 0 Å². The Hall–Kier alpha value is -2.46. The number of anilines is 2. The Bertz CT molecular complexity index is 1170. The van der Waals surface area contributed by atoms with E-state index in [1.165, 1.54) is 16.7 Å². The molecule has 2 aliphatic heterocycles. The maximum Gasteiger partial charge on any atom is 0.272 e. The first-order valence-corrected chi connectivity index (χ1v) is 12.0. The number of nitrogens with zero attached hydrogens (tertiary/aromatic N) is 2. The number of hydrogen-bond acceptors (Lipinski definition) is 7. The summed E-state index contributed by atoms with van der Waals surface area (Å²) >= 11 is 6.68. The number of para-hydroxylation sites is 2. The normalized spacial score (nSPS) is 18.8. The minimum absolute atomic E-state index is 0.149. The van der Waals surface area contributed by atoms with Gasteiger partial charge in [-0.05, 0) is 36.3 Å². The summed E-state index contributed by atoms with van der Waals surface area (Å²) in [5.74, 6) is -0.690. The van der Waals surface area contributed by atoms with Gasteiger partial charge in [-0.25, -0.2) is 8.42 Å². The number of thiocarbonyl (C=S) groups is 1. The minimum atomic E-state index is -4.32. The first-order chi connectivity index (χ1) is 14.3. The molecule has 0 unspecified atom stereocenters. The predicted molar refractivity (Wildman–Crippen MR) is 123 cm³/mol. The van der Waals surface area contributed by atoms with Crippen LogP contribution in [0.3, 0.4) is 0 Å². The van der Waals surface area contributed by atoms with Crippen molar-refractivity contribution >= 4 is 61.8 Å². The maximum atomic E-state index is 13.3. The third kappa shape index (κ3) is 4.20. The van der Waals surface area contributed by atoms with E-state index in [-0.39, 0.29) is 18.9 Å². The number of rotatable bonds is 5. The van der Waals surface area contributed by atoms with Crippen LogP contribution in [-0.2, 0) is 14.9 Å². The highest BCUT2D eigenvalue weighted by atomic mass is 32.2. The second kappa shape index (κ2) is 8.35. The first-order valence-electron chi connectivity index (χ1n) is 9.19. The molecule has 0 atom stereocenters. The summed E-state index contributed by atoms with van der Waals surface area (Å²) in [6, 6.07) is 16.8. The SMILES string of the molecule is O=C1C(=C2C=Cc3ccccc3N2CCCS(=O)(=O)[O-])SC(=S)N1c1ccccc1. The highest BCUT2D eigenvalue weighted by molar-refractivity contribution is 8.27. The molecule has 2 aromatic rings. The monoisotopic (exact) mass is 457 g/mol. The lowest BCUT2D eigenvalue weighted by Gasteiger charge is -2.31. The van der Waals surface area contributed by atoms with E-state index in [1.54, 1.807) is 0 Å². The molecule has 0 N–H and O–H groups in total. The Labute approximate surface area is 184 Å². The number of carbonyl (C=O) groups excluding carboxylic acids is 1. The molecule has 0 aromatic heterocycles. The van der Waals surface area contributed by atoms with Crippen molar-refractivity contribution in [2.24, 2.45) is 0 Å². The zero-order valence-corrected chi connectivity index (χ0v) is 18.2. The second-order valence-corrected chi connectivity index (χ2v) is 9.89. The molecule has 1 fully saturated rings. The van der Waals surface area contributed by atoms with E-state index in [4.69, 9.17) is 12.2 Å². The molecular weight excluding hydrogens is 440 g/mol. The van der Waals surface area contributed by atoms with Gasteiger partial charge in [0.2, 0.25) is 0 Å². The fraction of sp³-hybridized carbons (Fsp3) is 0.143. The van der Waals surface area contributed by atoms with Crippen molar-refractivity contribution in [3.8, 4) is 0 Å².